The molecule has 1 amide bonds. The summed E-state index contributed by atoms with van der Waals surface area (Å²) in [4.78, 5) is 14.8. The summed E-state index contributed by atoms with van der Waals surface area (Å²) >= 11 is 0. The minimum Gasteiger partial charge on any atom is -0.343 e. The third-order valence-corrected chi connectivity index (χ3v) is 5.88. The molecule has 0 saturated heterocycles. The van der Waals surface area contributed by atoms with Gasteiger partial charge < -0.3 is 10.6 Å². The fourth-order valence-electron chi connectivity index (χ4n) is 3.96. The smallest absolute Gasteiger partial charge is 0.225 e. The van der Waals surface area contributed by atoms with Gasteiger partial charge in [-0.1, -0.05) is 27.2 Å². The van der Waals surface area contributed by atoms with E-state index in [0.29, 0.717) is 23.3 Å². The third-order valence-electron chi connectivity index (χ3n) is 5.88. The summed E-state index contributed by atoms with van der Waals surface area (Å²) in [5.41, 5.74) is 6.61. The molecule has 0 aliphatic heterocycles. The van der Waals surface area contributed by atoms with Crippen LogP contribution in [-0.4, -0.2) is 29.9 Å². The second-order valence-corrected chi connectivity index (χ2v) is 7.90. The molecule has 2 N–H and O–H groups in total. The van der Waals surface area contributed by atoms with Gasteiger partial charge in [0.25, 0.3) is 0 Å². The molecule has 2 aliphatic carbocycles. The van der Waals surface area contributed by atoms with Crippen molar-refractivity contribution >= 4 is 5.91 Å². The summed E-state index contributed by atoms with van der Waals surface area (Å²) in [5.74, 6) is 0.828. The zero-order valence-electron chi connectivity index (χ0n) is 13.7. The van der Waals surface area contributed by atoms with Crippen molar-refractivity contribution in [1.29, 1.82) is 0 Å². The van der Waals surface area contributed by atoms with Crippen LogP contribution in [0, 0.1) is 17.3 Å². The maximum Gasteiger partial charge on any atom is 0.225 e. The van der Waals surface area contributed by atoms with Gasteiger partial charge in [-0.3, -0.25) is 4.79 Å². The van der Waals surface area contributed by atoms with E-state index in [2.05, 4.69) is 25.7 Å². The molecule has 3 atom stereocenters. The van der Waals surface area contributed by atoms with Crippen LogP contribution in [-0.2, 0) is 4.79 Å². The SMILES string of the molecule is CC1C(N)CCCC1C(=O)N(C)C1CCC(C)(C)CC1. The predicted octanol–water partition coefficient (Wildman–Crippen LogP) is 3.18. The Kier molecular flexibility index (Phi) is 4.78. The van der Waals surface area contributed by atoms with E-state index < -0.39 is 0 Å². The lowest BCUT2D eigenvalue weighted by Crippen LogP contribution is -2.48. The van der Waals surface area contributed by atoms with Crippen molar-refractivity contribution in [2.45, 2.75) is 77.8 Å². The monoisotopic (exact) mass is 280 g/mol. The first-order chi connectivity index (χ1) is 9.32. The van der Waals surface area contributed by atoms with Crippen molar-refractivity contribution in [3.63, 3.8) is 0 Å². The fourth-order valence-corrected chi connectivity index (χ4v) is 3.96. The number of nitrogens with zero attached hydrogens (tertiary/aromatic N) is 1. The number of carbonyl (C=O) groups excluding carboxylic acids is 1. The van der Waals surface area contributed by atoms with Gasteiger partial charge in [0.1, 0.15) is 0 Å². The molecule has 3 unspecified atom stereocenters. The molecule has 2 saturated carbocycles. The Labute approximate surface area is 124 Å². The molecule has 0 heterocycles. The van der Waals surface area contributed by atoms with Crippen molar-refractivity contribution < 1.29 is 4.79 Å². The maximum absolute atomic E-state index is 12.8. The summed E-state index contributed by atoms with van der Waals surface area (Å²) in [7, 11) is 2.01. The van der Waals surface area contributed by atoms with Gasteiger partial charge in [-0.05, 0) is 49.9 Å². The predicted molar refractivity (Wildman–Crippen MR) is 83.3 cm³/mol. The zero-order chi connectivity index (χ0) is 14.9. The van der Waals surface area contributed by atoms with E-state index in [-0.39, 0.29) is 12.0 Å². The lowest BCUT2D eigenvalue weighted by atomic mass is 9.74. The molecule has 0 aromatic carbocycles. The fraction of sp³-hybridized carbons (Fsp3) is 0.941. The number of rotatable bonds is 2. The highest BCUT2D eigenvalue weighted by Crippen LogP contribution is 2.38. The second kappa shape index (κ2) is 6.05. The Hall–Kier alpha value is -0.570. The Balaban J connectivity index is 1.95. The van der Waals surface area contributed by atoms with Gasteiger partial charge in [-0.2, -0.15) is 0 Å². The largest absolute Gasteiger partial charge is 0.343 e. The Morgan fingerprint density at radius 2 is 1.75 bits per heavy atom. The van der Waals surface area contributed by atoms with E-state index in [1.165, 1.54) is 12.8 Å². The molecule has 2 rings (SSSR count). The highest BCUT2D eigenvalue weighted by atomic mass is 16.2. The van der Waals surface area contributed by atoms with E-state index in [1.807, 2.05) is 7.05 Å². The molecule has 0 aromatic heterocycles. The lowest BCUT2D eigenvalue weighted by molar-refractivity contribution is -0.140. The van der Waals surface area contributed by atoms with Crippen molar-refractivity contribution in [1.82, 2.24) is 4.90 Å². The number of hydrogen-bond acceptors (Lipinski definition) is 2. The summed E-state index contributed by atoms with van der Waals surface area (Å²) in [5, 5.41) is 0. The summed E-state index contributed by atoms with van der Waals surface area (Å²) in [6.45, 7) is 6.84. The maximum atomic E-state index is 12.8. The standard InChI is InChI=1S/C17H32N2O/c1-12-14(6-5-7-15(12)18)16(20)19(4)13-8-10-17(2,3)11-9-13/h12-15H,5-11,18H2,1-4H3. The minimum absolute atomic E-state index is 0.152. The van der Waals surface area contributed by atoms with Crippen LogP contribution in [0.4, 0.5) is 0 Å². The van der Waals surface area contributed by atoms with Crippen molar-refractivity contribution in [2.75, 3.05) is 7.05 Å². The van der Waals surface area contributed by atoms with Crippen molar-refractivity contribution in [3.05, 3.63) is 0 Å². The normalized spacial score (nSPS) is 34.8. The molecular weight excluding hydrogens is 248 g/mol. The summed E-state index contributed by atoms with van der Waals surface area (Å²) < 4.78 is 0. The average Bonchev–Trinajstić information content (AvgIpc) is 2.40. The summed E-state index contributed by atoms with van der Waals surface area (Å²) in [6, 6.07) is 0.650. The topological polar surface area (TPSA) is 46.3 Å². The molecule has 2 fully saturated rings. The van der Waals surface area contributed by atoms with Crippen LogP contribution in [0.15, 0.2) is 0 Å². The van der Waals surface area contributed by atoms with Crippen LogP contribution in [0.3, 0.4) is 0 Å². The minimum atomic E-state index is 0.152. The molecule has 3 heteroatoms. The van der Waals surface area contributed by atoms with Gasteiger partial charge in [0.2, 0.25) is 5.91 Å². The van der Waals surface area contributed by atoms with Crippen LogP contribution in [0.5, 0.6) is 0 Å². The second-order valence-electron chi connectivity index (χ2n) is 7.90. The number of carbonyl (C=O) groups is 1. The highest BCUT2D eigenvalue weighted by Gasteiger charge is 2.37. The number of nitrogens with two attached hydrogens (primary N) is 1. The van der Waals surface area contributed by atoms with Crippen LogP contribution in [0.1, 0.15) is 65.7 Å². The van der Waals surface area contributed by atoms with Crippen LogP contribution >= 0.6 is 0 Å². The van der Waals surface area contributed by atoms with Gasteiger partial charge in [0.05, 0.1) is 0 Å². The summed E-state index contributed by atoms with van der Waals surface area (Å²) in [6.07, 6.45) is 7.98. The number of amides is 1. The molecule has 20 heavy (non-hydrogen) atoms. The van der Waals surface area contributed by atoms with Gasteiger partial charge in [-0.25, -0.2) is 0 Å². The van der Waals surface area contributed by atoms with Crippen molar-refractivity contribution in [3.8, 4) is 0 Å². The quantitative estimate of drug-likeness (QED) is 0.844. The van der Waals surface area contributed by atoms with Gasteiger partial charge in [-0.15, -0.1) is 0 Å². The van der Waals surface area contributed by atoms with E-state index in [0.717, 1.165) is 32.1 Å². The molecule has 116 valence electrons. The van der Waals surface area contributed by atoms with Crippen LogP contribution < -0.4 is 5.73 Å². The van der Waals surface area contributed by atoms with Gasteiger partial charge in [0, 0.05) is 25.0 Å². The van der Waals surface area contributed by atoms with Gasteiger partial charge >= 0.3 is 0 Å². The Morgan fingerprint density at radius 1 is 1.15 bits per heavy atom. The molecule has 0 spiro atoms. The van der Waals surface area contributed by atoms with Crippen LogP contribution in [0.25, 0.3) is 0 Å². The first kappa shape index (κ1) is 15.8. The first-order valence-corrected chi connectivity index (χ1v) is 8.34. The first-order valence-electron chi connectivity index (χ1n) is 8.34. The molecule has 2 aliphatic rings. The van der Waals surface area contributed by atoms with E-state index in [1.54, 1.807) is 0 Å². The van der Waals surface area contributed by atoms with Crippen molar-refractivity contribution in [2.24, 2.45) is 23.0 Å². The van der Waals surface area contributed by atoms with Gasteiger partial charge in [0.15, 0.2) is 0 Å². The lowest BCUT2D eigenvalue weighted by Gasteiger charge is -2.41. The molecular formula is C17H32N2O. The van der Waals surface area contributed by atoms with E-state index >= 15 is 0 Å². The highest BCUT2D eigenvalue weighted by molar-refractivity contribution is 5.79. The van der Waals surface area contributed by atoms with Crippen LogP contribution in [0.2, 0.25) is 0 Å². The average molecular weight is 280 g/mol. The molecule has 3 nitrogen and oxygen atoms in total. The van der Waals surface area contributed by atoms with E-state index in [4.69, 9.17) is 5.73 Å². The third kappa shape index (κ3) is 3.36. The molecule has 0 aromatic rings. The Morgan fingerprint density at radius 3 is 2.35 bits per heavy atom. The van der Waals surface area contributed by atoms with E-state index in [9.17, 15) is 4.79 Å². The zero-order valence-corrected chi connectivity index (χ0v) is 13.7. The Bertz CT molecular complexity index is 343. The molecule has 0 radical (unpaired) electrons. The molecule has 0 bridgehead atoms. The number of hydrogen-bond donors (Lipinski definition) is 1.